The summed E-state index contributed by atoms with van der Waals surface area (Å²) in [4.78, 5) is 2.38. The van der Waals surface area contributed by atoms with Gasteiger partial charge in [0.25, 0.3) is 0 Å². The molecule has 3 heterocycles. The summed E-state index contributed by atoms with van der Waals surface area (Å²) in [6, 6.07) is 0. The van der Waals surface area contributed by atoms with Gasteiger partial charge in [0.2, 0.25) is 0 Å². The Morgan fingerprint density at radius 2 is 2.14 bits per heavy atom. The number of rotatable bonds is 0. The van der Waals surface area contributed by atoms with Gasteiger partial charge in [-0.15, -0.1) is 0 Å². The van der Waals surface area contributed by atoms with Gasteiger partial charge in [-0.1, -0.05) is 0 Å². The molecule has 0 saturated carbocycles. The van der Waals surface area contributed by atoms with Crippen molar-refractivity contribution in [2.75, 3.05) is 20.1 Å². The average molecular weight is 192 g/mol. The largest absolute Gasteiger partial charge is 0.464 e. The quantitative estimate of drug-likeness (QED) is 0.662. The summed E-state index contributed by atoms with van der Waals surface area (Å²) in [6.07, 6.45) is 2.22. The van der Waals surface area contributed by atoms with E-state index in [4.69, 9.17) is 4.42 Å². The zero-order valence-corrected chi connectivity index (χ0v) is 8.60. The van der Waals surface area contributed by atoms with Crippen LogP contribution in [0.5, 0.6) is 0 Å². The van der Waals surface area contributed by atoms with Gasteiger partial charge in [-0.25, -0.2) is 0 Å². The number of nitrogens with one attached hydrogen (secondary N) is 1. The fraction of sp³-hybridized carbons (Fsp3) is 0.636. The van der Waals surface area contributed by atoms with Crippen molar-refractivity contribution in [3.8, 4) is 0 Å². The highest BCUT2D eigenvalue weighted by Crippen LogP contribution is 2.29. The molecule has 0 bridgehead atoms. The van der Waals surface area contributed by atoms with Crippen molar-refractivity contribution < 1.29 is 4.42 Å². The van der Waals surface area contributed by atoms with Crippen molar-refractivity contribution in [3.05, 3.63) is 22.6 Å². The molecular weight excluding hydrogens is 176 g/mol. The molecule has 0 spiro atoms. The van der Waals surface area contributed by atoms with E-state index in [1.807, 2.05) is 0 Å². The maximum absolute atomic E-state index is 5.89. The molecule has 0 amide bonds. The van der Waals surface area contributed by atoms with Crippen LogP contribution in [0.2, 0.25) is 0 Å². The Kier molecular flexibility index (Phi) is 1.89. The molecule has 0 aromatic carbocycles. The van der Waals surface area contributed by atoms with Crippen LogP contribution in [0.4, 0.5) is 0 Å². The molecule has 0 atom stereocenters. The molecule has 0 unspecified atom stereocenters. The normalized spacial score (nSPS) is 21.8. The molecular formula is C11H16N2O. The topological polar surface area (TPSA) is 28.4 Å². The second kappa shape index (κ2) is 3.11. The van der Waals surface area contributed by atoms with E-state index in [-0.39, 0.29) is 0 Å². The predicted molar refractivity (Wildman–Crippen MR) is 54.2 cm³/mol. The lowest BCUT2D eigenvalue weighted by atomic mass is 9.99. The third-order valence-electron chi connectivity index (χ3n) is 3.27. The van der Waals surface area contributed by atoms with Crippen LogP contribution in [0.3, 0.4) is 0 Å². The van der Waals surface area contributed by atoms with E-state index < -0.39 is 0 Å². The molecule has 1 aromatic heterocycles. The van der Waals surface area contributed by atoms with Crippen LogP contribution in [-0.4, -0.2) is 25.0 Å². The van der Waals surface area contributed by atoms with Crippen LogP contribution in [0.15, 0.2) is 4.42 Å². The molecule has 3 heteroatoms. The predicted octanol–water partition coefficient (Wildman–Crippen LogP) is 0.913. The summed E-state index contributed by atoms with van der Waals surface area (Å²) >= 11 is 0. The number of nitrogens with zero attached hydrogens (tertiary/aromatic N) is 1. The molecule has 14 heavy (non-hydrogen) atoms. The van der Waals surface area contributed by atoms with Crippen molar-refractivity contribution >= 4 is 0 Å². The lowest BCUT2D eigenvalue weighted by Gasteiger charge is -2.22. The first kappa shape index (κ1) is 8.50. The van der Waals surface area contributed by atoms with E-state index in [1.54, 1.807) is 0 Å². The molecule has 2 aliphatic heterocycles. The molecule has 3 rings (SSSR count). The van der Waals surface area contributed by atoms with Crippen molar-refractivity contribution in [3.63, 3.8) is 0 Å². The van der Waals surface area contributed by atoms with Crippen LogP contribution in [-0.2, 0) is 25.9 Å². The molecule has 1 N–H and O–H groups in total. The van der Waals surface area contributed by atoms with E-state index in [9.17, 15) is 0 Å². The van der Waals surface area contributed by atoms with Crippen molar-refractivity contribution in [1.82, 2.24) is 10.2 Å². The number of likely N-dealkylation sites (N-methyl/N-ethyl adjacent to an activating group) is 1. The second-order valence-electron chi connectivity index (χ2n) is 4.32. The van der Waals surface area contributed by atoms with Crippen molar-refractivity contribution in [2.24, 2.45) is 0 Å². The summed E-state index contributed by atoms with van der Waals surface area (Å²) in [5, 5.41) is 3.35. The Morgan fingerprint density at radius 1 is 1.21 bits per heavy atom. The highest BCUT2D eigenvalue weighted by Gasteiger charge is 2.25. The molecule has 2 aliphatic rings. The first-order chi connectivity index (χ1) is 6.84. The van der Waals surface area contributed by atoms with Crippen molar-refractivity contribution in [2.45, 2.75) is 25.9 Å². The van der Waals surface area contributed by atoms with Gasteiger partial charge in [-0.2, -0.15) is 0 Å². The third-order valence-corrected chi connectivity index (χ3v) is 3.27. The van der Waals surface area contributed by atoms with E-state index in [0.717, 1.165) is 39.0 Å². The summed E-state index contributed by atoms with van der Waals surface area (Å²) in [6.45, 7) is 4.23. The zero-order valence-electron chi connectivity index (χ0n) is 8.60. The van der Waals surface area contributed by atoms with Gasteiger partial charge >= 0.3 is 0 Å². The summed E-state index contributed by atoms with van der Waals surface area (Å²) < 4.78 is 5.89. The lowest BCUT2D eigenvalue weighted by Crippen LogP contribution is -2.27. The minimum atomic E-state index is 0.923. The standard InChI is InChI=1S/C11H16N2O/c1-13-5-3-10-9(7-13)8-2-4-12-6-11(8)14-10/h12H,2-7H2,1H3. The van der Waals surface area contributed by atoms with Gasteiger partial charge in [-0.3, -0.25) is 0 Å². The summed E-state index contributed by atoms with van der Waals surface area (Å²) in [7, 11) is 2.18. The van der Waals surface area contributed by atoms with Crippen LogP contribution >= 0.6 is 0 Å². The Bertz CT molecular complexity index is 356. The van der Waals surface area contributed by atoms with Crippen LogP contribution in [0.25, 0.3) is 0 Å². The smallest absolute Gasteiger partial charge is 0.121 e. The fourth-order valence-electron chi connectivity index (χ4n) is 2.48. The molecule has 3 nitrogen and oxygen atoms in total. The second-order valence-corrected chi connectivity index (χ2v) is 4.32. The molecule has 0 fully saturated rings. The van der Waals surface area contributed by atoms with Gasteiger partial charge in [0.1, 0.15) is 11.5 Å². The van der Waals surface area contributed by atoms with E-state index in [2.05, 4.69) is 17.3 Å². The van der Waals surface area contributed by atoms with Gasteiger partial charge in [0, 0.05) is 30.6 Å². The van der Waals surface area contributed by atoms with Crippen LogP contribution in [0.1, 0.15) is 22.6 Å². The number of furan rings is 1. The Labute approximate surface area is 84.1 Å². The lowest BCUT2D eigenvalue weighted by molar-refractivity contribution is 0.291. The number of fused-ring (bicyclic) bond motifs is 3. The summed E-state index contributed by atoms with van der Waals surface area (Å²) in [5.74, 6) is 2.44. The monoisotopic (exact) mass is 192 g/mol. The maximum atomic E-state index is 5.89. The molecule has 0 radical (unpaired) electrons. The summed E-state index contributed by atoms with van der Waals surface area (Å²) in [5.41, 5.74) is 2.97. The van der Waals surface area contributed by atoms with Crippen LogP contribution in [0, 0.1) is 0 Å². The highest BCUT2D eigenvalue weighted by molar-refractivity contribution is 5.36. The zero-order chi connectivity index (χ0) is 9.54. The molecule has 76 valence electrons. The Hall–Kier alpha value is -0.800. The van der Waals surface area contributed by atoms with Gasteiger partial charge in [0.05, 0.1) is 6.54 Å². The molecule has 0 saturated heterocycles. The maximum Gasteiger partial charge on any atom is 0.121 e. The minimum Gasteiger partial charge on any atom is -0.464 e. The average Bonchev–Trinajstić information content (AvgIpc) is 2.56. The first-order valence-corrected chi connectivity index (χ1v) is 5.36. The van der Waals surface area contributed by atoms with Crippen molar-refractivity contribution in [1.29, 1.82) is 0 Å². The minimum absolute atomic E-state index is 0.923. The first-order valence-electron chi connectivity index (χ1n) is 5.36. The molecule has 1 aromatic rings. The van der Waals surface area contributed by atoms with Gasteiger partial charge < -0.3 is 14.6 Å². The van der Waals surface area contributed by atoms with E-state index in [1.165, 1.54) is 22.6 Å². The third kappa shape index (κ3) is 1.20. The van der Waals surface area contributed by atoms with E-state index in [0.29, 0.717) is 0 Å². The number of hydrogen-bond acceptors (Lipinski definition) is 3. The van der Waals surface area contributed by atoms with Gasteiger partial charge in [-0.05, 0) is 20.0 Å². The number of hydrogen-bond donors (Lipinski definition) is 1. The fourth-order valence-corrected chi connectivity index (χ4v) is 2.48. The highest BCUT2D eigenvalue weighted by atomic mass is 16.3. The van der Waals surface area contributed by atoms with E-state index >= 15 is 0 Å². The molecule has 0 aliphatic carbocycles. The Morgan fingerprint density at radius 3 is 3.07 bits per heavy atom. The van der Waals surface area contributed by atoms with Crippen LogP contribution < -0.4 is 5.32 Å². The van der Waals surface area contributed by atoms with Gasteiger partial charge in [0.15, 0.2) is 0 Å². The Balaban J connectivity index is 2.05. The SMILES string of the molecule is CN1CCc2oc3c(c2C1)CCNC3.